The Morgan fingerprint density at radius 2 is 1.94 bits per heavy atom. The molecule has 3 fully saturated rings. The summed E-state index contributed by atoms with van der Waals surface area (Å²) in [6, 6.07) is 10.2. The van der Waals surface area contributed by atoms with Crippen LogP contribution >= 0.6 is 0 Å². The number of carbonyl (C=O) groups is 1. The number of aromatic nitrogens is 1. The fourth-order valence-corrected chi connectivity index (χ4v) is 5.71. The molecule has 2 saturated carbocycles. The lowest BCUT2D eigenvalue weighted by Crippen LogP contribution is -2.43. The summed E-state index contributed by atoms with van der Waals surface area (Å²) in [4.78, 5) is 16.0. The number of hydrogen-bond acceptors (Lipinski definition) is 3. The van der Waals surface area contributed by atoms with E-state index >= 15 is 0 Å². The van der Waals surface area contributed by atoms with Crippen molar-refractivity contribution in [3.63, 3.8) is 0 Å². The second-order valence-electron chi connectivity index (χ2n) is 9.57. The van der Waals surface area contributed by atoms with Gasteiger partial charge in [-0.3, -0.25) is 9.78 Å². The fraction of sp³-hybridized carbons (Fsp3) is 0.481. The monoisotopic (exact) mass is 421 g/mol. The fourth-order valence-electron chi connectivity index (χ4n) is 5.71. The molecule has 31 heavy (non-hydrogen) atoms. The number of benzene rings is 1. The number of nitrogens with zero attached hydrogens (tertiary/aromatic N) is 1. The van der Waals surface area contributed by atoms with Gasteiger partial charge in [0.15, 0.2) is 0 Å². The molecular formula is C27H32FNO2. The molecular weight excluding hydrogens is 389 g/mol. The van der Waals surface area contributed by atoms with Gasteiger partial charge >= 0.3 is 5.97 Å². The van der Waals surface area contributed by atoms with E-state index in [0.717, 1.165) is 35.1 Å². The van der Waals surface area contributed by atoms with Gasteiger partial charge in [0.1, 0.15) is 11.9 Å². The smallest absolute Gasteiger partial charge is 0.309 e. The zero-order valence-electron chi connectivity index (χ0n) is 18.5. The van der Waals surface area contributed by atoms with E-state index in [2.05, 4.69) is 25.4 Å². The average molecular weight is 422 g/mol. The minimum absolute atomic E-state index is 0.0824. The lowest BCUT2D eigenvalue weighted by Gasteiger charge is -2.46. The van der Waals surface area contributed by atoms with Gasteiger partial charge in [-0.2, -0.15) is 0 Å². The number of hydrogen-bond donors (Lipinski definition) is 0. The van der Waals surface area contributed by atoms with Gasteiger partial charge in [0.05, 0.1) is 11.6 Å². The zero-order valence-corrected chi connectivity index (χ0v) is 18.5. The average Bonchev–Trinajstić information content (AvgIpc) is 3.00. The van der Waals surface area contributed by atoms with Crippen LogP contribution in [0.2, 0.25) is 0 Å². The summed E-state index contributed by atoms with van der Waals surface area (Å²) >= 11 is 0. The molecule has 2 aliphatic carbocycles. The van der Waals surface area contributed by atoms with Crippen molar-refractivity contribution in [2.24, 2.45) is 23.2 Å². The minimum Gasteiger partial charge on any atom is -0.462 e. The van der Waals surface area contributed by atoms with Gasteiger partial charge in [-0.15, -0.1) is 0 Å². The van der Waals surface area contributed by atoms with Crippen molar-refractivity contribution >= 4 is 12.0 Å². The summed E-state index contributed by atoms with van der Waals surface area (Å²) in [6.07, 6.45) is 11.3. The molecule has 5 rings (SSSR count). The van der Waals surface area contributed by atoms with E-state index in [1.54, 1.807) is 18.3 Å². The number of carbonyl (C=O) groups excluding carboxylic acids is 1. The molecule has 2 heterocycles. The second-order valence-corrected chi connectivity index (χ2v) is 9.57. The van der Waals surface area contributed by atoms with E-state index in [0.29, 0.717) is 0 Å². The highest BCUT2D eigenvalue weighted by Gasteiger charge is 2.56. The normalized spacial score (nSPS) is 31.5. The third kappa shape index (κ3) is 4.44. The summed E-state index contributed by atoms with van der Waals surface area (Å²) in [5, 5.41) is 0. The van der Waals surface area contributed by atoms with E-state index in [9.17, 15) is 9.18 Å². The molecule has 0 amide bonds. The number of rotatable bonds is 2. The maximum Gasteiger partial charge on any atom is 0.309 e. The molecule has 1 saturated heterocycles. The number of fused-ring (bicyclic) bond motifs is 2. The van der Waals surface area contributed by atoms with Crippen LogP contribution in [0.25, 0.3) is 17.2 Å². The van der Waals surface area contributed by atoms with Gasteiger partial charge in [-0.05, 0) is 61.4 Å². The van der Waals surface area contributed by atoms with Crippen LogP contribution in [0.5, 0.6) is 0 Å². The van der Waals surface area contributed by atoms with Crippen LogP contribution in [0.15, 0.2) is 49.2 Å². The molecule has 1 aliphatic heterocycles. The third-order valence-corrected chi connectivity index (χ3v) is 7.76. The first kappa shape index (κ1) is 21.7. The Morgan fingerprint density at radius 1 is 1.16 bits per heavy atom. The SMILES string of the molecule is C=Cc1ccc(-c2cccc(F)c2)cn1.C[C@@H]1OC(=O)C2C[C@H]3CCCC[C@H]3CC21C. The molecule has 2 unspecified atom stereocenters. The van der Waals surface area contributed by atoms with Crippen molar-refractivity contribution < 1.29 is 13.9 Å². The Kier molecular flexibility index (Phi) is 6.27. The molecule has 1 aromatic heterocycles. The minimum atomic E-state index is -0.236. The van der Waals surface area contributed by atoms with Crippen molar-refractivity contribution in [2.45, 2.75) is 58.5 Å². The molecule has 0 N–H and O–H groups in total. The molecule has 4 heteroatoms. The number of pyridine rings is 1. The maximum absolute atomic E-state index is 13.0. The highest BCUT2D eigenvalue weighted by atomic mass is 19.1. The van der Waals surface area contributed by atoms with Crippen LogP contribution in [0, 0.1) is 29.0 Å². The van der Waals surface area contributed by atoms with Crippen LogP contribution in [0.1, 0.15) is 58.1 Å². The first-order chi connectivity index (χ1) is 14.9. The molecule has 164 valence electrons. The topological polar surface area (TPSA) is 39.2 Å². The van der Waals surface area contributed by atoms with Gasteiger partial charge < -0.3 is 4.74 Å². The Labute approximate surface area is 184 Å². The van der Waals surface area contributed by atoms with Crippen molar-refractivity contribution in [3.05, 3.63) is 60.7 Å². The first-order valence-corrected chi connectivity index (χ1v) is 11.5. The molecule has 0 bridgehead atoms. The summed E-state index contributed by atoms with van der Waals surface area (Å²) in [6.45, 7) is 7.99. The summed E-state index contributed by atoms with van der Waals surface area (Å²) < 4.78 is 18.4. The molecule has 2 aromatic rings. The molecule has 5 atom stereocenters. The number of esters is 1. The third-order valence-electron chi connectivity index (χ3n) is 7.76. The van der Waals surface area contributed by atoms with Crippen LogP contribution in [-0.4, -0.2) is 17.1 Å². The van der Waals surface area contributed by atoms with E-state index in [1.807, 2.05) is 18.2 Å². The van der Waals surface area contributed by atoms with Crippen LogP contribution in [0.4, 0.5) is 4.39 Å². The summed E-state index contributed by atoms with van der Waals surface area (Å²) in [5.74, 6) is 1.72. The number of cyclic esters (lactones) is 1. The van der Waals surface area contributed by atoms with E-state index < -0.39 is 0 Å². The van der Waals surface area contributed by atoms with Crippen molar-refractivity contribution in [1.29, 1.82) is 0 Å². The predicted octanol–water partition coefficient (Wildman–Crippen LogP) is 6.69. The standard InChI is InChI=1S/C14H22O2.C13H10FN/c1-9-14(2)8-11-6-4-3-5-10(11)7-12(14)13(15)16-9;1-2-13-7-6-11(9-15-13)10-4-3-5-12(14)8-10/h9-12H,3-8H2,1-2H3;2-9H,1H2/t9-,10+,11-,12?,14?;/m0./s1. The Morgan fingerprint density at radius 3 is 2.61 bits per heavy atom. The van der Waals surface area contributed by atoms with E-state index in [-0.39, 0.29) is 29.2 Å². The van der Waals surface area contributed by atoms with Crippen LogP contribution in [-0.2, 0) is 9.53 Å². The second kappa shape index (κ2) is 8.94. The van der Waals surface area contributed by atoms with Crippen LogP contribution < -0.4 is 0 Å². The lowest BCUT2D eigenvalue weighted by molar-refractivity contribution is -0.144. The van der Waals surface area contributed by atoms with Gasteiger partial charge in [0.25, 0.3) is 0 Å². The van der Waals surface area contributed by atoms with Gasteiger partial charge in [0, 0.05) is 17.2 Å². The molecule has 0 spiro atoms. The van der Waals surface area contributed by atoms with Crippen molar-refractivity contribution in [1.82, 2.24) is 4.98 Å². The van der Waals surface area contributed by atoms with E-state index in [4.69, 9.17) is 4.74 Å². The highest BCUT2D eigenvalue weighted by Crippen LogP contribution is 2.56. The maximum atomic E-state index is 13.0. The number of ether oxygens (including phenoxy) is 1. The lowest BCUT2D eigenvalue weighted by atomic mass is 9.56. The largest absolute Gasteiger partial charge is 0.462 e. The Hall–Kier alpha value is -2.49. The zero-order chi connectivity index (χ0) is 22.0. The van der Waals surface area contributed by atoms with Crippen LogP contribution in [0.3, 0.4) is 0 Å². The van der Waals surface area contributed by atoms with E-state index in [1.165, 1.54) is 44.2 Å². The highest BCUT2D eigenvalue weighted by molar-refractivity contribution is 5.76. The Balaban J connectivity index is 0.000000150. The van der Waals surface area contributed by atoms with Gasteiger partial charge in [-0.1, -0.05) is 57.4 Å². The van der Waals surface area contributed by atoms with Crippen molar-refractivity contribution in [2.75, 3.05) is 0 Å². The predicted molar refractivity (Wildman–Crippen MR) is 122 cm³/mol. The molecule has 0 radical (unpaired) electrons. The quantitative estimate of drug-likeness (QED) is 0.507. The molecule has 1 aromatic carbocycles. The van der Waals surface area contributed by atoms with Gasteiger partial charge in [-0.25, -0.2) is 4.39 Å². The van der Waals surface area contributed by atoms with Crippen molar-refractivity contribution in [3.8, 4) is 11.1 Å². The number of halogens is 1. The molecule has 3 aliphatic rings. The Bertz CT molecular complexity index is 941. The first-order valence-electron chi connectivity index (χ1n) is 11.5. The summed E-state index contributed by atoms with van der Waals surface area (Å²) in [7, 11) is 0. The summed E-state index contributed by atoms with van der Waals surface area (Å²) in [5.41, 5.74) is 2.68. The van der Waals surface area contributed by atoms with Gasteiger partial charge in [0.2, 0.25) is 0 Å². The molecule has 3 nitrogen and oxygen atoms in total.